The molecule has 146 valence electrons. The molecule has 0 aromatic heterocycles. The molecule has 2 aromatic rings. The molecule has 7 heteroatoms. The smallest absolute Gasteiger partial charge is 0.228 e. The first-order chi connectivity index (χ1) is 13.6. The summed E-state index contributed by atoms with van der Waals surface area (Å²) < 4.78 is 13.0. The molecule has 2 unspecified atom stereocenters. The maximum absolute atomic E-state index is 13.0. The maximum Gasteiger partial charge on any atom is 0.228 e. The average molecular weight is 399 g/mol. The highest BCUT2D eigenvalue weighted by molar-refractivity contribution is 7.99. The van der Waals surface area contributed by atoms with E-state index in [0.29, 0.717) is 12.3 Å². The molecule has 2 amide bonds. The zero-order chi connectivity index (χ0) is 19.5. The Hall–Kier alpha value is -2.38. The molecule has 0 radical (unpaired) electrons. The van der Waals surface area contributed by atoms with E-state index < -0.39 is 0 Å². The normalized spacial score (nSPS) is 21.3. The van der Waals surface area contributed by atoms with Crippen LogP contribution < -0.4 is 15.5 Å². The quantitative estimate of drug-likeness (QED) is 0.812. The van der Waals surface area contributed by atoms with Gasteiger partial charge >= 0.3 is 0 Å². The number of anilines is 1. The molecule has 2 atom stereocenters. The van der Waals surface area contributed by atoms with Gasteiger partial charge in [0.05, 0.1) is 0 Å². The lowest BCUT2D eigenvalue weighted by molar-refractivity contribution is -0.124. The van der Waals surface area contributed by atoms with Crippen LogP contribution in [0.1, 0.15) is 24.0 Å². The molecule has 2 heterocycles. The highest BCUT2D eigenvalue weighted by Gasteiger charge is 2.31. The van der Waals surface area contributed by atoms with Crippen LogP contribution in [0.25, 0.3) is 0 Å². The number of amides is 2. The van der Waals surface area contributed by atoms with Gasteiger partial charge in [0.2, 0.25) is 11.8 Å². The van der Waals surface area contributed by atoms with Crippen LogP contribution in [0.15, 0.2) is 48.5 Å². The van der Waals surface area contributed by atoms with Crippen molar-refractivity contribution >= 4 is 29.3 Å². The Kier molecular flexibility index (Phi) is 5.64. The van der Waals surface area contributed by atoms with E-state index in [1.165, 1.54) is 29.5 Å². The molecule has 2 aromatic carbocycles. The first kappa shape index (κ1) is 19.0. The standard InChI is InChI=1S/C21H22FN3O2S/c22-16-7-5-14(6-8-16)13-28-21-23-17(11-19(26)24-21)12-20(27)25-10-9-15-3-1-2-4-18(15)25/h1-8,17,21,23H,9-13H2,(H,24,26). The van der Waals surface area contributed by atoms with Gasteiger partial charge in [-0.3, -0.25) is 14.9 Å². The van der Waals surface area contributed by atoms with Crippen molar-refractivity contribution in [2.24, 2.45) is 0 Å². The number of nitrogens with one attached hydrogen (secondary N) is 2. The number of para-hydroxylation sites is 1. The number of benzene rings is 2. The van der Waals surface area contributed by atoms with Crippen molar-refractivity contribution in [1.29, 1.82) is 0 Å². The van der Waals surface area contributed by atoms with E-state index in [1.54, 1.807) is 12.1 Å². The zero-order valence-corrected chi connectivity index (χ0v) is 16.2. The molecule has 5 nitrogen and oxygen atoms in total. The fourth-order valence-corrected chi connectivity index (χ4v) is 4.70. The second kappa shape index (κ2) is 8.32. The molecule has 0 aliphatic carbocycles. The summed E-state index contributed by atoms with van der Waals surface area (Å²) in [5.41, 5.74) is 2.89. The summed E-state index contributed by atoms with van der Waals surface area (Å²) in [4.78, 5) is 26.7. The Morgan fingerprint density at radius 3 is 2.79 bits per heavy atom. The summed E-state index contributed by atoms with van der Waals surface area (Å²) in [6.07, 6.45) is 1.45. The molecule has 28 heavy (non-hydrogen) atoms. The lowest BCUT2D eigenvalue weighted by atomic mass is 10.1. The topological polar surface area (TPSA) is 61.4 Å². The SMILES string of the molecule is O=C1CC(CC(=O)N2CCc3ccccc32)NC(SCc2ccc(F)cc2)N1. The van der Waals surface area contributed by atoms with E-state index in [-0.39, 0.29) is 42.0 Å². The molecule has 0 saturated carbocycles. The van der Waals surface area contributed by atoms with Gasteiger partial charge in [0, 0.05) is 36.9 Å². The summed E-state index contributed by atoms with van der Waals surface area (Å²) in [6.45, 7) is 0.694. The number of fused-ring (bicyclic) bond motifs is 1. The second-order valence-electron chi connectivity index (χ2n) is 7.08. The molecular formula is C21H22FN3O2S. The van der Waals surface area contributed by atoms with E-state index in [9.17, 15) is 14.0 Å². The minimum Gasteiger partial charge on any atom is -0.332 e. The van der Waals surface area contributed by atoms with Crippen molar-refractivity contribution in [3.63, 3.8) is 0 Å². The monoisotopic (exact) mass is 399 g/mol. The highest BCUT2D eigenvalue weighted by atomic mass is 32.2. The van der Waals surface area contributed by atoms with E-state index in [4.69, 9.17) is 0 Å². The summed E-state index contributed by atoms with van der Waals surface area (Å²) in [7, 11) is 0. The fourth-order valence-electron chi connectivity index (χ4n) is 3.64. The van der Waals surface area contributed by atoms with Gasteiger partial charge in [0.15, 0.2) is 0 Å². The molecule has 1 saturated heterocycles. The van der Waals surface area contributed by atoms with Gasteiger partial charge in [0.25, 0.3) is 0 Å². The van der Waals surface area contributed by atoms with Gasteiger partial charge in [0.1, 0.15) is 11.3 Å². The molecular weight excluding hydrogens is 377 g/mol. The van der Waals surface area contributed by atoms with Crippen LogP contribution in [0.2, 0.25) is 0 Å². The van der Waals surface area contributed by atoms with Crippen molar-refractivity contribution in [3.8, 4) is 0 Å². The fraction of sp³-hybridized carbons (Fsp3) is 0.333. The van der Waals surface area contributed by atoms with E-state index in [0.717, 1.165) is 17.7 Å². The number of carbonyl (C=O) groups excluding carboxylic acids is 2. The van der Waals surface area contributed by atoms with Crippen LogP contribution in [-0.4, -0.2) is 29.9 Å². The van der Waals surface area contributed by atoms with E-state index in [1.807, 2.05) is 23.1 Å². The van der Waals surface area contributed by atoms with Crippen LogP contribution in [0, 0.1) is 5.82 Å². The van der Waals surface area contributed by atoms with Gasteiger partial charge < -0.3 is 10.2 Å². The minimum absolute atomic E-state index is 0.0411. The summed E-state index contributed by atoms with van der Waals surface area (Å²) >= 11 is 1.52. The Labute approximate surface area is 167 Å². The Morgan fingerprint density at radius 1 is 1.18 bits per heavy atom. The zero-order valence-electron chi connectivity index (χ0n) is 15.4. The van der Waals surface area contributed by atoms with Crippen LogP contribution in [0.5, 0.6) is 0 Å². The molecule has 1 fully saturated rings. The largest absolute Gasteiger partial charge is 0.332 e. The lowest BCUT2D eigenvalue weighted by Crippen LogP contribution is -2.55. The van der Waals surface area contributed by atoms with Crippen LogP contribution in [0.4, 0.5) is 10.1 Å². The lowest BCUT2D eigenvalue weighted by Gasteiger charge is -2.32. The van der Waals surface area contributed by atoms with Crippen molar-refractivity contribution < 1.29 is 14.0 Å². The number of hydrogen-bond donors (Lipinski definition) is 2. The van der Waals surface area contributed by atoms with Crippen molar-refractivity contribution in [2.75, 3.05) is 11.4 Å². The molecule has 2 aliphatic rings. The minimum atomic E-state index is -0.269. The first-order valence-corrected chi connectivity index (χ1v) is 10.4. The predicted octanol–water partition coefficient (Wildman–Crippen LogP) is 2.80. The van der Waals surface area contributed by atoms with Gasteiger partial charge in [-0.05, 0) is 35.7 Å². The third-order valence-corrected chi connectivity index (χ3v) is 6.14. The highest BCUT2D eigenvalue weighted by Crippen LogP contribution is 2.28. The average Bonchev–Trinajstić information content (AvgIpc) is 3.11. The van der Waals surface area contributed by atoms with Crippen LogP contribution in [-0.2, 0) is 21.8 Å². The number of rotatable bonds is 5. The third-order valence-electron chi connectivity index (χ3n) is 5.05. The van der Waals surface area contributed by atoms with Gasteiger partial charge in [-0.25, -0.2) is 4.39 Å². The number of halogens is 1. The molecule has 2 N–H and O–H groups in total. The van der Waals surface area contributed by atoms with Gasteiger partial charge in [-0.1, -0.05) is 30.3 Å². The molecule has 4 rings (SSSR count). The van der Waals surface area contributed by atoms with Crippen molar-refractivity contribution in [2.45, 2.75) is 36.6 Å². The number of nitrogens with zero attached hydrogens (tertiary/aromatic N) is 1. The first-order valence-electron chi connectivity index (χ1n) is 9.38. The predicted molar refractivity (Wildman–Crippen MR) is 108 cm³/mol. The van der Waals surface area contributed by atoms with Crippen molar-refractivity contribution in [1.82, 2.24) is 10.6 Å². The van der Waals surface area contributed by atoms with E-state index in [2.05, 4.69) is 16.7 Å². The Bertz CT molecular complexity index is 874. The van der Waals surface area contributed by atoms with Gasteiger partial charge in [-0.15, -0.1) is 11.8 Å². The summed E-state index contributed by atoms with van der Waals surface area (Å²) in [6, 6.07) is 14.1. The summed E-state index contributed by atoms with van der Waals surface area (Å²) in [5, 5.41) is 6.25. The van der Waals surface area contributed by atoms with Crippen molar-refractivity contribution in [3.05, 3.63) is 65.5 Å². The molecule has 0 spiro atoms. The summed E-state index contributed by atoms with van der Waals surface area (Å²) in [5.74, 6) is 0.354. The van der Waals surface area contributed by atoms with E-state index >= 15 is 0 Å². The third kappa shape index (κ3) is 4.36. The number of thioether (sulfide) groups is 1. The van der Waals surface area contributed by atoms with Crippen LogP contribution >= 0.6 is 11.8 Å². The maximum atomic E-state index is 13.0. The second-order valence-corrected chi connectivity index (χ2v) is 8.17. The number of carbonyl (C=O) groups is 2. The molecule has 2 aliphatic heterocycles. The number of hydrogen-bond acceptors (Lipinski definition) is 4. The van der Waals surface area contributed by atoms with Gasteiger partial charge in [-0.2, -0.15) is 0 Å². The molecule has 0 bridgehead atoms. The Morgan fingerprint density at radius 2 is 1.96 bits per heavy atom. The van der Waals surface area contributed by atoms with Crippen LogP contribution in [0.3, 0.4) is 0 Å². The Balaban J connectivity index is 1.34.